The Kier molecular flexibility index (Phi) is 6.94. The van der Waals surface area contributed by atoms with Gasteiger partial charge in [0.15, 0.2) is 0 Å². The lowest BCUT2D eigenvalue weighted by molar-refractivity contribution is 0.0694. The molecular formula is C24H33NO2. The van der Waals surface area contributed by atoms with Crippen molar-refractivity contribution < 1.29 is 9.90 Å². The topological polar surface area (TPSA) is 61.1 Å². The van der Waals surface area contributed by atoms with Crippen LogP contribution in [0.4, 0.5) is 0 Å². The lowest BCUT2D eigenvalue weighted by Crippen LogP contribution is -2.26. The summed E-state index contributed by atoms with van der Waals surface area (Å²) >= 11 is 0. The minimum absolute atomic E-state index is 0.293. The number of hydrogen-bond acceptors (Lipinski definition) is 2. The van der Waals surface area contributed by atoms with E-state index in [1.807, 2.05) is 6.07 Å². The van der Waals surface area contributed by atoms with Crippen LogP contribution in [-0.4, -0.2) is 11.1 Å². The number of nitrogens with zero attached hydrogens (tertiary/aromatic N) is 1. The van der Waals surface area contributed by atoms with Crippen LogP contribution in [0.3, 0.4) is 0 Å². The normalized spacial score (nSPS) is 28.4. The summed E-state index contributed by atoms with van der Waals surface area (Å²) in [5, 5.41) is 18.7. The maximum absolute atomic E-state index is 11.6. The van der Waals surface area contributed by atoms with E-state index in [9.17, 15) is 15.2 Å². The fraction of sp³-hybridized carbons (Fsp3) is 0.667. The van der Waals surface area contributed by atoms with Gasteiger partial charge < -0.3 is 5.11 Å². The van der Waals surface area contributed by atoms with Crippen molar-refractivity contribution in [2.24, 2.45) is 17.8 Å². The highest BCUT2D eigenvalue weighted by molar-refractivity contribution is 5.89. The van der Waals surface area contributed by atoms with E-state index in [0.29, 0.717) is 17.0 Å². The Morgan fingerprint density at radius 2 is 1.70 bits per heavy atom. The van der Waals surface area contributed by atoms with E-state index in [4.69, 9.17) is 0 Å². The zero-order valence-electron chi connectivity index (χ0n) is 16.6. The monoisotopic (exact) mass is 367 g/mol. The first kappa shape index (κ1) is 19.9. The van der Waals surface area contributed by atoms with Gasteiger partial charge in [0.1, 0.15) is 0 Å². The highest BCUT2D eigenvalue weighted by Gasteiger charge is 2.32. The molecular weight excluding hydrogens is 334 g/mol. The van der Waals surface area contributed by atoms with Crippen LogP contribution in [0.25, 0.3) is 0 Å². The lowest BCUT2D eigenvalue weighted by atomic mass is 9.67. The lowest BCUT2D eigenvalue weighted by Gasteiger charge is -2.38. The Bertz CT molecular complexity index is 674. The molecule has 0 spiro atoms. The molecule has 2 aliphatic rings. The number of carboxylic acid groups (broad SMARTS) is 1. The Hall–Kier alpha value is -1.82. The Morgan fingerprint density at radius 3 is 2.26 bits per heavy atom. The summed E-state index contributed by atoms with van der Waals surface area (Å²) < 4.78 is 0. The van der Waals surface area contributed by atoms with Gasteiger partial charge in [-0.1, -0.05) is 39.0 Å². The standard InChI is InChI=1S/C24H33NO2/c1-2-3-4-17-5-8-19(9-6-17)20-10-12-21(13-11-20)23-15-18(16-25)7-14-22(23)24(26)27/h7,14-15,17,19-21H,2-6,8-13H2,1H3,(H,26,27). The SMILES string of the molecule is CCCCC1CCC(C2CCC(c3cc(C#N)ccc3C(=O)O)CC2)CC1. The maximum Gasteiger partial charge on any atom is 0.335 e. The van der Waals surface area contributed by atoms with Gasteiger partial charge in [0.2, 0.25) is 0 Å². The van der Waals surface area contributed by atoms with Gasteiger partial charge in [-0.15, -0.1) is 0 Å². The van der Waals surface area contributed by atoms with Gasteiger partial charge in [-0.25, -0.2) is 4.79 Å². The van der Waals surface area contributed by atoms with Crippen molar-refractivity contribution in [1.82, 2.24) is 0 Å². The van der Waals surface area contributed by atoms with E-state index in [-0.39, 0.29) is 0 Å². The summed E-state index contributed by atoms with van der Waals surface area (Å²) in [6.07, 6.45) is 14.3. The molecule has 3 heteroatoms. The Balaban J connectivity index is 1.57. The summed E-state index contributed by atoms with van der Waals surface area (Å²) in [4.78, 5) is 11.6. The van der Waals surface area contributed by atoms with Crippen molar-refractivity contribution in [3.05, 3.63) is 34.9 Å². The summed E-state index contributed by atoms with van der Waals surface area (Å²) in [6, 6.07) is 7.20. The minimum atomic E-state index is -0.873. The van der Waals surface area contributed by atoms with E-state index in [0.717, 1.165) is 36.2 Å². The molecule has 0 atom stereocenters. The van der Waals surface area contributed by atoms with Gasteiger partial charge in [-0.05, 0) is 86.0 Å². The van der Waals surface area contributed by atoms with Crippen molar-refractivity contribution in [2.75, 3.05) is 0 Å². The molecule has 1 aromatic rings. The van der Waals surface area contributed by atoms with E-state index >= 15 is 0 Å². The molecule has 146 valence electrons. The molecule has 2 fully saturated rings. The van der Waals surface area contributed by atoms with Crippen LogP contribution in [0, 0.1) is 29.1 Å². The molecule has 0 heterocycles. The van der Waals surface area contributed by atoms with Gasteiger partial charge in [0.25, 0.3) is 0 Å². The molecule has 0 radical (unpaired) electrons. The van der Waals surface area contributed by atoms with Crippen molar-refractivity contribution in [1.29, 1.82) is 5.26 Å². The summed E-state index contributed by atoms with van der Waals surface area (Å²) in [5.74, 6) is 2.09. The van der Waals surface area contributed by atoms with Gasteiger partial charge >= 0.3 is 5.97 Å². The van der Waals surface area contributed by atoms with Crippen molar-refractivity contribution in [3.8, 4) is 6.07 Å². The van der Waals surface area contributed by atoms with Gasteiger partial charge in [-0.2, -0.15) is 5.26 Å². The van der Waals surface area contributed by atoms with Crippen LogP contribution in [0.1, 0.15) is 105 Å². The Morgan fingerprint density at radius 1 is 1.07 bits per heavy atom. The molecule has 3 nitrogen and oxygen atoms in total. The smallest absolute Gasteiger partial charge is 0.335 e. The molecule has 2 aliphatic carbocycles. The molecule has 0 saturated heterocycles. The highest BCUT2D eigenvalue weighted by atomic mass is 16.4. The number of rotatable bonds is 6. The first-order valence-corrected chi connectivity index (χ1v) is 10.9. The molecule has 0 aliphatic heterocycles. The average molecular weight is 368 g/mol. The van der Waals surface area contributed by atoms with Gasteiger partial charge in [0.05, 0.1) is 17.2 Å². The van der Waals surface area contributed by atoms with Crippen LogP contribution >= 0.6 is 0 Å². The summed E-state index contributed by atoms with van der Waals surface area (Å²) in [7, 11) is 0. The molecule has 0 bridgehead atoms. The van der Waals surface area contributed by atoms with E-state index < -0.39 is 5.97 Å². The van der Waals surface area contributed by atoms with Crippen LogP contribution in [0.2, 0.25) is 0 Å². The first-order chi connectivity index (χ1) is 13.1. The van der Waals surface area contributed by atoms with Crippen molar-refractivity contribution in [2.45, 2.75) is 83.5 Å². The molecule has 2 saturated carbocycles. The predicted molar refractivity (Wildman–Crippen MR) is 108 cm³/mol. The third kappa shape index (κ3) is 4.92. The molecule has 0 unspecified atom stereocenters. The average Bonchev–Trinajstić information content (AvgIpc) is 2.72. The molecule has 0 aromatic heterocycles. The van der Waals surface area contributed by atoms with Crippen LogP contribution in [0.5, 0.6) is 0 Å². The van der Waals surface area contributed by atoms with Crippen LogP contribution < -0.4 is 0 Å². The number of aromatic carboxylic acids is 1. The second-order valence-corrected chi connectivity index (χ2v) is 8.75. The van der Waals surface area contributed by atoms with Gasteiger partial charge in [0, 0.05) is 0 Å². The number of carbonyl (C=O) groups is 1. The second-order valence-electron chi connectivity index (χ2n) is 8.75. The van der Waals surface area contributed by atoms with Crippen molar-refractivity contribution >= 4 is 5.97 Å². The number of benzene rings is 1. The minimum Gasteiger partial charge on any atom is -0.478 e. The Labute approximate surface area is 163 Å². The fourth-order valence-corrected chi connectivity index (χ4v) is 5.51. The number of carboxylic acids is 1. The van der Waals surface area contributed by atoms with E-state index in [2.05, 4.69) is 13.0 Å². The maximum atomic E-state index is 11.6. The van der Waals surface area contributed by atoms with Gasteiger partial charge in [-0.3, -0.25) is 0 Å². The first-order valence-electron chi connectivity index (χ1n) is 10.9. The van der Waals surface area contributed by atoms with Crippen LogP contribution in [0.15, 0.2) is 18.2 Å². The quantitative estimate of drug-likeness (QED) is 0.622. The summed E-state index contributed by atoms with van der Waals surface area (Å²) in [5.41, 5.74) is 1.83. The molecule has 1 N–H and O–H groups in total. The zero-order valence-corrected chi connectivity index (χ0v) is 16.6. The predicted octanol–water partition coefficient (Wildman–Crippen LogP) is 6.53. The third-order valence-corrected chi connectivity index (χ3v) is 7.15. The number of nitriles is 1. The molecule has 1 aromatic carbocycles. The van der Waals surface area contributed by atoms with E-state index in [1.165, 1.54) is 57.8 Å². The number of hydrogen-bond donors (Lipinski definition) is 1. The van der Waals surface area contributed by atoms with Crippen molar-refractivity contribution in [3.63, 3.8) is 0 Å². The highest BCUT2D eigenvalue weighted by Crippen LogP contribution is 2.45. The summed E-state index contributed by atoms with van der Waals surface area (Å²) in [6.45, 7) is 2.28. The zero-order chi connectivity index (χ0) is 19.2. The van der Waals surface area contributed by atoms with Crippen LogP contribution in [-0.2, 0) is 0 Å². The third-order valence-electron chi connectivity index (χ3n) is 7.15. The fourth-order valence-electron chi connectivity index (χ4n) is 5.51. The molecule has 3 rings (SSSR count). The molecule has 27 heavy (non-hydrogen) atoms. The second kappa shape index (κ2) is 9.40. The van der Waals surface area contributed by atoms with E-state index in [1.54, 1.807) is 12.1 Å². The molecule has 0 amide bonds. The number of unbranched alkanes of at least 4 members (excludes halogenated alkanes) is 1. The largest absolute Gasteiger partial charge is 0.478 e.